The van der Waals surface area contributed by atoms with Crippen LogP contribution in [0.4, 0.5) is 0 Å². The first-order chi connectivity index (χ1) is 10.1. The Balaban J connectivity index is 2.13. The van der Waals surface area contributed by atoms with Crippen LogP contribution < -0.4 is 14.2 Å². The van der Waals surface area contributed by atoms with Crippen LogP contribution in [-0.4, -0.2) is 25.3 Å². The number of hydrogen-bond acceptors (Lipinski definition) is 4. The summed E-state index contributed by atoms with van der Waals surface area (Å²) in [5.74, 6) is 0.651. The molecule has 0 atom stereocenters. The van der Waals surface area contributed by atoms with Gasteiger partial charge in [-0.15, -0.1) is 0 Å². The number of rotatable bonds is 6. The van der Waals surface area contributed by atoms with Crippen molar-refractivity contribution >= 4 is 5.97 Å². The molecule has 0 saturated carbocycles. The van der Waals surface area contributed by atoms with Crippen molar-refractivity contribution in [1.82, 2.24) is 0 Å². The number of aromatic carboxylic acids is 1. The van der Waals surface area contributed by atoms with Gasteiger partial charge in [0, 0.05) is 0 Å². The molecule has 0 bridgehead atoms. The molecule has 0 saturated heterocycles. The normalized spacial score (nSPS) is 10.0. The molecular weight excluding hydrogens is 272 g/mol. The van der Waals surface area contributed by atoms with Gasteiger partial charge in [0.2, 0.25) is 0 Å². The molecule has 0 radical (unpaired) electrons. The van der Waals surface area contributed by atoms with E-state index in [4.69, 9.17) is 19.3 Å². The minimum atomic E-state index is -1.01. The van der Waals surface area contributed by atoms with Crippen molar-refractivity contribution in [2.24, 2.45) is 0 Å². The van der Waals surface area contributed by atoms with Crippen LogP contribution in [0.5, 0.6) is 17.2 Å². The van der Waals surface area contributed by atoms with Crippen molar-refractivity contribution in [1.29, 1.82) is 0 Å². The van der Waals surface area contributed by atoms with Gasteiger partial charge in [0.1, 0.15) is 12.4 Å². The molecule has 2 aromatic carbocycles. The maximum atomic E-state index is 11.0. The van der Waals surface area contributed by atoms with Crippen LogP contribution in [0.15, 0.2) is 42.5 Å². The third-order valence-electron chi connectivity index (χ3n) is 2.96. The summed E-state index contributed by atoms with van der Waals surface area (Å²) in [6, 6.07) is 11.9. The quantitative estimate of drug-likeness (QED) is 0.885. The Morgan fingerprint density at radius 1 is 1.00 bits per heavy atom. The van der Waals surface area contributed by atoms with E-state index in [9.17, 15) is 4.79 Å². The Kier molecular flexibility index (Phi) is 4.66. The standard InChI is InChI=1S/C16H16O5/c1-19-13-6-3-11(4-7-13)10-21-15-9-12(16(17)18)5-8-14(15)20-2/h3-9H,10H2,1-2H3,(H,17,18). The number of ether oxygens (including phenoxy) is 3. The van der Waals surface area contributed by atoms with Gasteiger partial charge in [-0.25, -0.2) is 4.79 Å². The summed E-state index contributed by atoms with van der Waals surface area (Å²) in [6.45, 7) is 0.309. The van der Waals surface area contributed by atoms with Crippen molar-refractivity contribution in [3.8, 4) is 17.2 Å². The van der Waals surface area contributed by atoms with Crippen LogP contribution in [0, 0.1) is 0 Å². The fraction of sp³-hybridized carbons (Fsp3) is 0.188. The highest BCUT2D eigenvalue weighted by atomic mass is 16.5. The zero-order chi connectivity index (χ0) is 15.2. The van der Waals surface area contributed by atoms with E-state index in [-0.39, 0.29) is 5.56 Å². The zero-order valence-corrected chi connectivity index (χ0v) is 11.8. The number of carboxylic acids is 1. The maximum absolute atomic E-state index is 11.0. The smallest absolute Gasteiger partial charge is 0.335 e. The lowest BCUT2D eigenvalue weighted by Gasteiger charge is -2.11. The minimum Gasteiger partial charge on any atom is -0.497 e. The first kappa shape index (κ1) is 14.7. The van der Waals surface area contributed by atoms with E-state index in [1.54, 1.807) is 13.2 Å². The highest BCUT2D eigenvalue weighted by Crippen LogP contribution is 2.29. The molecule has 0 aromatic heterocycles. The molecule has 2 rings (SSSR count). The molecule has 0 spiro atoms. The molecule has 0 aliphatic heterocycles. The highest BCUT2D eigenvalue weighted by molar-refractivity contribution is 5.88. The van der Waals surface area contributed by atoms with Crippen molar-refractivity contribution in [2.45, 2.75) is 6.61 Å². The van der Waals surface area contributed by atoms with Gasteiger partial charge in [-0.1, -0.05) is 12.1 Å². The predicted octanol–water partition coefficient (Wildman–Crippen LogP) is 2.98. The van der Waals surface area contributed by atoms with Gasteiger partial charge in [-0.05, 0) is 35.9 Å². The third-order valence-corrected chi connectivity index (χ3v) is 2.96. The second-order valence-electron chi connectivity index (χ2n) is 4.31. The summed E-state index contributed by atoms with van der Waals surface area (Å²) >= 11 is 0. The molecule has 0 amide bonds. The second-order valence-corrected chi connectivity index (χ2v) is 4.31. The average Bonchev–Trinajstić information content (AvgIpc) is 2.53. The van der Waals surface area contributed by atoms with Gasteiger partial charge in [0.05, 0.1) is 19.8 Å². The van der Waals surface area contributed by atoms with Crippen molar-refractivity contribution < 1.29 is 24.1 Å². The fourth-order valence-corrected chi connectivity index (χ4v) is 1.81. The molecule has 0 aliphatic rings. The first-order valence-electron chi connectivity index (χ1n) is 6.31. The largest absolute Gasteiger partial charge is 0.497 e. The molecule has 0 fully saturated rings. The van der Waals surface area contributed by atoms with Gasteiger partial charge in [0.15, 0.2) is 11.5 Å². The topological polar surface area (TPSA) is 65.0 Å². The monoisotopic (exact) mass is 288 g/mol. The van der Waals surface area contributed by atoms with Crippen LogP contribution >= 0.6 is 0 Å². The minimum absolute atomic E-state index is 0.153. The molecule has 0 heterocycles. The van der Waals surface area contributed by atoms with Crippen LogP contribution in [-0.2, 0) is 6.61 Å². The maximum Gasteiger partial charge on any atom is 0.335 e. The summed E-state index contributed by atoms with van der Waals surface area (Å²) in [4.78, 5) is 11.0. The number of hydrogen-bond donors (Lipinski definition) is 1. The predicted molar refractivity (Wildman–Crippen MR) is 77.3 cm³/mol. The number of carboxylic acid groups (broad SMARTS) is 1. The summed E-state index contributed by atoms with van der Waals surface area (Å²) in [6.07, 6.45) is 0. The molecule has 5 nitrogen and oxygen atoms in total. The van der Waals surface area contributed by atoms with Crippen LogP contribution in [0.1, 0.15) is 15.9 Å². The SMILES string of the molecule is COc1ccc(COc2cc(C(=O)O)ccc2OC)cc1. The van der Waals surface area contributed by atoms with Gasteiger partial charge >= 0.3 is 5.97 Å². The van der Waals surface area contributed by atoms with E-state index in [1.807, 2.05) is 24.3 Å². The first-order valence-corrected chi connectivity index (χ1v) is 6.31. The molecule has 21 heavy (non-hydrogen) atoms. The molecule has 2 aromatic rings. The summed E-state index contributed by atoms with van der Waals surface area (Å²) in [5, 5.41) is 9.01. The average molecular weight is 288 g/mol. The van der Waals surface area contributed by atoms with Crippen molar-refractivity contribution in [2.75, 3.05) is 14.2 Å². The summed E-state index contributed by atoms with van der Waals surface area (Å²) in [5.41, 5.74) is 1.10. The Morgan fingerprint density at radius 2 is 1.71 bits per heavy atom. The molecule has 0 aliphatic carbocycles. The van der Waals surface area contributed by atoms with E-state index < -0.39 is 5.97 Å². The van der Waals surface area contributed by atoms with Crippen molar-refractivity contribution in [3.63, 3.8) is 0 Å². The number of benzene rings is 2. The molecule has 0 unspecified atom stereocenters. The third kappa shape index (κ3) is 3.66. The van der Waals surface area contributed by atoms with E-state index in [2.05, 4.69) is 0 Å². The van der Waals surface area contributed by atoms with Gasteiger partial charge < -0.3 is 19.3 Å². The molecular formula is C16H16O5. The zero-order valence-electron chi connectivity index (χ0n) is 11.8. The number of methoxy groups -OCH3 is 2. The molecule has 110 valence electrons. The molecule has 5 heteroatoms. The second kappa shape index (κ2) is 6.65. The lowest BCUT2D eigenvalue weighted by Crippen LogP contribution is -2.01. The van der Waals surface area contributed by atoms with E-state index in [0.717, 1.165) is 11.3 Å². The Labute approximate surface area is 122 Å². The summed E-state index contributed by atoms with van der Waals surface area (Å²) in [7, 11) is 3.11. The van der Waals surface area contributed by atoms with E-state index in [1.165, 1.54) is 19.2 Å². The number of carbonyl (C=O) groups is 1. The Hall–Kier alpha value is -2.69. The van der Waals surface area contributed by atoms with E-state index >= 15 is 0 Å². The Morgan fingerprint density at radius 3 is 2.29 bits per heavy atom. The van der Waals surface area contributed by atoms with Crippen LogP contribution in [0.3, 0.4) is 0 Å². The molecule has 1 N–H and O–H groups in total. The van der Waals surface area contributed by atoms with E-state index in [0.29, 0.717) is 18.1 Å². The van der Waals surface area contributed by atoms with Crippen molar-refractivity contribution in [3.05, 3.63) is 53.6 Å². The van der Waals surface area contributed by atoms with Gasteiger partial charge in [-0.3, -0.25) is 0 Å². The summed E-state index contributed by atoms with van der Waals surface area (Å²) < 4.78 is 15.9. The van der Waals surface area contributed by atoms with Crippen LogP contribution in [0.25, 0.3) is 0 Å². The van der Waals surface area contributed by atoms with Crippen LogP contribution in [0.2, 0.25) is 0 Å². The van der Waals surface area contributed by atoms with Gasteiger partial charge in [0.25, 0.3) is 0 Å². The lowest BCUT2D eigenvalue weighted by atomic mass is 10.2. The highest BCUT2D eigenvalue weighted by Gasteiger charge is 2.10. The lowest BCUT2D eigenvalue weighted by molar-refractivity contribution is 0.0696. The Bertz CT molecular complexity index is 619. The van der Waals surface area contributed by atoms with Gasteiger partial charge in [-0.2, -0.15) is 0 Å². The fourth-order valence-electron chi connectivity index (χ4n) is 1.81.